The summed E-state index contributed by atoms with van der Waals surface area (Å²) in [6, 6.07) is 7.48. The summed E-state index contributed by atoms with van der Waals surface area (Å²) in [6.45, 7) is 4.30. The van der Waals surface area contributed by atoms with E-state index in [1.807, 2.05) is 32.0 Å². The number of hydrogen-bond acceptors (Lipinski definition) is 1. The summed E-state index contributed by atoms with van der Waals surface area (Å²) in [4.78, 5) is 11.5. The first-order chi connectivity index (χ1) is 6.59. The summed E-state index contributed by atoms with van der Waals surface area (Å²) in [7, 11) is 0. The summed E-state index contributed by atoms with van der Waals surface area (Å²) >= 11 is 5.73. The van der Waals surface area contributed by atoms with Gasteiger partial charge < -0.3 is 5.32 Å². The fourth-order valence-corrected chi connectivity index (χ4v) is 1.20. The number of amides is 1. The number of halogens is 1. The number of benzene rings is 1. The highest BCUT2D eigenvalue weighted by Gasteiger charge is 2.05. The maximum atomic E-state index is 11.5. The zero-order valence-corrected chi connectivity index (χ0v) is 9.14. The summed E-state index contributed by atoms with van der Waals surface area (Å²) in [5.74, 6) is -0.0683. The van der Waals surface area contributed by atoms with Crippen LogP contribution in [0.4, 0.5) is 0 Å². The van der Waals surface area contributed by atoms with Crippen LogP contribution >= 0.6 is 11.6 Å². The van der Waals surface area contributed by atoms with Crippen LogP contribution in [0.25, 0.3) is 0 Å². The standard InChI is InChI=1S/C11H14ClNO/c1-8-4-3-5-10(6-8)11(14)13-7-9(2)12/h3-6,9H,7H2,1-2H3,(H,13,14). The molecule has 1 aromatic rings. The average molecular weight is 212 g/mol. The van der Waals surface area contributed by atoms with Crippen molar-refractivity contribution in [1.29, 1.82) is 0 Å². The lowest BCUT2D eigenvalue weighted by Crippen LogP contribution is -2.28. The molecule has 0 saturated carbocycles. The van der Waals surface area contributed by atoms with Crippen molar-refractivity contribution < 1.29 is 4.79 Å². The van der Waals surface area contributed by atoms with E-state index in [4.69, 9.17) is 11.6 Å². The Kier molecular flexibility index (Phi) is 3.96. The Morgan fingerprint density at radius 2 is 2.29 bits per heavy atom. The Balaban J connectivity index is 2.61. The van der Waals surface area contributed by atoms with Crippen LogP contribution in [0.5, 0.6) is 0 Å². The van der Waals surface area contributed by atoms with Gasteiger partial charge in [0.1, 0.15) is 0 Å². The van der Waals surface area contributed by atoms with Gasteiger partial charge in [-0.1, -0.05) is 17.7 Å². The van der Waals surface area contributed by atoms with Gasteiger partial charge in [-0.25, -0.2) is 0 Å². The maximum absolute atomic E-state index is 11.5. The molecule has 0 bridgehead atoms. The minimum absolute atomic E-state index is 0.0382. The molecule has 1 rings (SSSR count). The molecule has 1 amide bonds. The molecule has 0 heterocycles. The molecule has 2 nitrogen and oxygen atoms in total. The molecule has 0 fully saturated rings. The molecule has 0 aliphatic carbocycles. The van der Waals surface area contributed by atoms with Crippen LogP contribution in [-0.2, 0) is 0 Å². The zero-order valence-electron chi connectivity index (χ0n) is 8.38. The van der Waals surface area contributed by atoms with Crippen molar-refractivity contribution in [3.8, 4) is 0 Å². The Morgan fingerprint density at radius 3 is 2.86 bits per heavy atom. The summed E-state index contributed by atoms with van der Waals surface area (Å²) in [5.41, 5.74) is 1.76. The van der Waals surface area contributed by atoms with Gasteiger partial charge in [0, 0.05) is 17.5 Å². The first-order valence-electron chi connectivity index (χ1n) is 4.58. The Morgan fingerprint density at radius 1 is 1.57 bits per heavy atom. The fraction of sp³-hybridized carbons (Fsp3) is 0.364. The molecule has 1 unspecified atom stereocenters. The van der Waals surface area contributed by atoms with E-state index in [2.05, 4.69) is 5.32 Å². The highest BCUT2D eigenvalue weighted by atomic mass is 35.5. The molecule has 0 radical (unpaired) electrons. The van der Waals surface area contributed by atoms with Gasteiger partial charge in [-0.2, -0.15) is 0 Å². The fourth-order valence-electron chi connectivity index (χ4n) is 1.12. The molecule has 0 saturated heterocycles. The second kappa shape index (κ2) is 5.01. The van der Waals surface area contributed by atoms with Gasteiger partial charge in [0.05, 0.1) is 0 Å². The summed E-state index contributed by atoms with van der Waals surface area (Å²) < 4.78 is 0. The van der Waals surface area contributed by atoms with Crippen LogP contribution in [0, 0.1) is 6.92 Å². The number of nitrogens with one attached hydrogen (secondary N) is 1. The SMILES string of the molecule is Cc1cccc(C(=O)NCC(C)Cl)c1. The van der Waals surface area contributed by atoms with E-state index < -0.39 is 0 Å². The second-order valence-electron chi connectivity index (χ2n) is 3.36. The van der Waals surface area contributed by atoms with E-state index in [1.54, 1.807) is 6.07 Å². The summed E-state index contributed by atoms with van der Waals surface area (Å²) in [5, 5.41) is 2.72. The third-order valence-electron chi connectivity index (χ3n) is 1.82. The summed E-state index contributed by atoms with van der Waals surface area (Å²) in [6.07, 6.45) is 0. The molecule has 1 aromatic carbocycles. The smallest absolute Gasteiger partial charge is 0.251 e. The van der Waals surface area contributed by atoms with Gasteiger partial charge in [-0.3, -0.25) is 4.79 Å². The van der Waals surface area contributed by atoms with Crippen molar-refractivity contribution in [2.24, 2.45) is 0 Å². The van der Waals surface area contributed by atoms with Crippen LogP contribution in [0.2, 0.25) is 0 Å². The third kappa shape index (κ3) is 3.38. The first kappa shape index (κ1) is 11.1. The number of alkyl halides is 1. The molecular weight excluding hydrogens is 198 g/mol. The molecule has 14 heavy (non-hydrogen) atoms. The molecule has 0 aliphatic rings. The topological polar surface area (TPSA) is 29.1 Å². The second-order valence-corrected chi connectivity index (χ2v) is 4.11. The highest BCUT2D eigenvalue weighted by molar-refractivity contribution is 6.20. The average Bonchev–Trinajstić information content (AvgIpc) is 2.14. The normalized spacial score (nSPS) is 12.2. The van der Waals surface area contributed by atoms with Crippen molar-refractivity contribution >= 4 is 17.5 Å². The Bertz CT molecular complexity index is 323. The van der Waals surface area contributed by atoms with E-state index in [0.717, 1.165) is 5.56 Å². The van der Waals surface area contributed by atoms with Gasteiger partial charge in [-0.05, 0) is 26.0 Å². The third-order valence-corrected chi connectivity index (χ3v) is 1.98. The minimum atomic E-state index is -0.0683. The highest BCUT2D eigenvalue weighted by Crippen LogP contribution is 2.03. The van der Waals surface area contributed by atoms with Gasteiger partial charge in [0.2, 0.25) is 0 Å². The van der Waals surface area contributed by atoms with E-state index in [-0.39, 0.29) is 11.3 Å². The number of carbonyl (C=O) groups excluding carboxylic acids is 1. The maximum Gasteiger partial charge on any atom is 0.251 e. The number of hydrogen-bond donors (Lipinski definition) is 1. The minimum Gasteiger partial charge on any atom is -0.351 e. The predicted molar refractivity (Wildman–Crippen MR) is 58.8 cm³/mol. The van der Waals surface area contributed by atoms with Gasteiger partial charge >= 0.3 is 0 Å². The van der Waals surface area contributed by atoms with Crippen molar-refractivity contribution in [1.82, 2.24) is 5.32 Å². The van der Waals surface area contributed by atoms with E-state index >= 15 is 0 Å². The van der Waals surface area contributed by atoms with Gasteiger partial charge in [-0.15, -0.1) is 11.6 Å². The van der Waals surface area contributed by atoms with Crippen molar-refractivity contribution in [3.63, 3.8) is 0 Å². The lowest BCUT2D eigenvalue weighted by Gasteiger charge is -2.06. The van der Waals surface area contributed by atoms with Crippen LogP contribution in [0.15, 0.2) is 24.3 Å². The molecular formula is C11H14ClNO. The first-order valence-corrected chi connectivity index (χ1v) is 5.02. The van der Waals surface area contributed by atoms with E-state index in [0.29, 0.717) is 12.1 Å². The number of rotatable bonds is 3. The van der Waals surface area contributed by atoms with Crippen LogP contribution < -0.4 is 5.32 Å². The van der Waals surface area contributed by atoms with Gasteiger partial charge in [0.25, 0.3) is 5.91 Å². The molecule has 0 spiro atoms. The molecule has 1 atom stereocenters. The largest absolute Gasteiger partial charge is 0.351 e. The van der Waals surface area contributed by atoms with Crippen molar-refractivity contribution in [2.75, 3.05) is 6.54 Å². The molecule has 0 aliphatic heterocycles. The Labute approximate surface area is 89.3 Å². The molecule has 1 N–H and O–H groups in total. The van der Waals surface area contributed by atoms with Crippen LogP contribution in [-0.4, -0.2) is 17.8 Å². The van der Waals surface area contributed by atoms with E-state index in [1.165, 1.54) is 0 Å². The van der Waals surface area contributed by atoms with Crippen molar-refractivity contribution in [2.45, 2.75) is 19.2 Å². The number of carbonyl (C=O) groups is 1. The molecule has 3 heteroatoms. The lowest BCUT2D eigenvalue weighted by molar-refractivity contribution is 0.0954. The molecule has 0 aromatic heterocycles. The van der Waals surface area contributed by atoms with Gasteiger partial charge in [0.15, 0.2) is 0 Å². The predicted octanol–water partition coefficient (Wildman–Crippen LogP) is 2.35. The molecule has 76 valence electrons. The van der Waals surface area contributed by atoms with Crippen LogP contribution in [0.3, 0.4) is 0 Å². The van der Waals surface area contributed by atoms with Crippen LogP contribution in [0.1, 0.15) is 22.8 Å². The monoisotopic (exact) mass is 211 g/mol. The quantitative estimate of drug-likeness (QED) is 0.765. The Hall–Kier alpha value is -1.02. The zero-order chi connectivity index (χ0) is 10.6. The number of aryl methyl sites for hydroxylation is 1. The van der Waals surface area contributed by atoms with Crippen molar-refractivity contribution in [3.05, 3.63) is 35.4 Å². The van der Waals surface area contributed by atoms with E-state index in [9.17, 15) is 4.79 Å². The lowest BCUT2D eigenvalue weighted by atomic mass is 10.1.